The highest BCUT2D eigenvalue weighted by atomic mass is 16.6. The van der Waals surface area contributed by atoms with E-state index in [9.17, 15) is 9.59 Å². The molecule has 1 aliphatic heterocycles. The van der Waals surface area contributed by atoms with Gasteiger partial charge < -0.3 is 10.1 Å². The van der Waals surface area contributed by atoms with Crippen LogP contribution >= 0.6 is 0 Å². The third kappa shape index (κ3) is 6.89. The van der Waals surface area contributed by atoms with Gasteiger partial charge in [-0.25, -0.2) is 0 Å². The summed E-state index contributed by atoms with van der Waals surface area (Å²) in [6.07, 6.45) is 2.83. The van der Waals surface area contributed by atoms with Crippen molar-refractivity contribution in [2.75, 3.05) is 19.6 Å². The average Bonchev–Trinajstić information content (AvgIpc) is 2.85. The first-order valence-electron chi connectivity index (χ1n) is 7.50. The van der Waals surface area contributed by atoms with Crippen LogP contribution < -0.4 is 5.32 Å². The molecule has 1 unspecified atom stereocenters. The molecule has 0 spiro atoms. The molecule has 0 aliphatic carbocycles. The van der Waals surface area contributed by atoms with Crippen LogP contribution in [0.1, 0.15) is 53.4 Å². The maximum absolute atomic E-state index is 11.7. The molecule has 116 valence electrons. The van der Waals surface area contributed by atoms with Gasteiger partial charge in [0.15, 0.2) is 0 Å². The van der Waals surface area contributed by atoms with E-state index in [1.165, 1.54) is 12.8 Å². The Morgan fingerprint density at radius 2 is 1.80 bits per heavy atom. The molecule has 0 aromatic heterocycles. The van der Waals surface area contributed by atoms with Gasteiger partial charge >= 0.3 is 5.97 Å². The highest BCUT2D eigenvalue weighted by Gasteiger charge is 2.19. The lowest BCUT2D eigenvalue weighted by Gasteiger charge is -2.24. The molecule has 20 heavy (non-hydrogen) atoms. The van der Waals surface area contributed by atoms with Gasteiger partial charge in [-0.1, -0.05) is 0 Å². The van der Waals surface area contributed by atoms with Crippen molar-refractivity contribution in [3.05, 3.63) is 0 Å². The molecule has 0 aromatic rings. The zero-order valence-electron chi connectivity index (χ0n) is 13.2. The monoisotopic (exact) mass is 284 g/mol. The quantitative estimate of drug-likeness (QED) is 0.754. The van der Waals surface area contributed by atoms with Crippen molar-refractivity contribution >= 4 is 11.9 Å². The number of nitrogens with one attached hydrogen (secondary N) is 1. The van der Waals surface area contributed by atoms with Crippen LogP contribution in [-0.4, -0.2) is 48.1 Å². The highest BCUT2D eigenvalue weighted by molar-refractivity contribution is 5.81. The topological polar surface area (TPSA) is 58.6 Å². The second kappa shape index (κ2) is 7.62. The molecule has 1 amide bonds. The lowest BCUT2D eigenvalue weighted by molar-refractivity contribution is -0.155. The third-order valence-corrected chi connectivity index (χ3v) is 3.33. The van der Waals surface area contributed by atoms with E-state index in [0.717, 1.165) is 13.1 Å². The van der Waals surface area contributed by atoms with Crippen molar-refractivity contribution in [3.63, 3.8) is 0 Å². The van der Waals surface area contributed by atoms with Crippen LogP contribution in [0.15, 0.2) is 0 Å². The summed E-state index contributed by atoms with van der Waals surface area (Å²) in [4.78, 5) is 25.6. The van der Waals surface area contributed by atoms with Crippen molar-refractivity contribution in [2.45, 2.75) is 65.0 Å². The molecule has 5 heteroatoms. The minimum absolute atomic E-state index is 0.0816. The van der Waals surface area contributed by atoms with E-state index in [4.69, 9.17) is 4.74 Å². The van der Waals surface area contributed by atoms with E-state index in [2.05, 4.69) is 17.1 Å². The molecule has 1 saturated heterocycles. The predicted molar refractivity (Wildman–Crippen MR) is 78.4 cm³/mol. The summed E-state index contributed by atoms with van der Waals surface area (Å²) in [5, 5.41) is 2.89. The zero-order valence-corrected chi connectivity index (χ0v) is 13.2. The van der Waals surface area contributed by atoms with Crippen LogP contribution in [0.4, 0.5) is 0 Å². The normalized spacial score (nSPS) is 17.8. The zero-order chi connectivity index (χ0) is 15.2. The van der Waals surface area contributed by atoms with Crippen LogP contribution in [0.2, 0.25) is 0 Å². The van der Waals surface area contributed by atoms with Gasteiger partial charge in [-0.3, -0.25) is 14.5 Å². The second-order valence-electron chi connectivity index (χ2n) is 6.48. The Kier molecular flexibility index (Phi) is 6.46. The summed E-state index contributed by atoms with van der Waals surface area (Å²) in [6, 6.07) is 0.364. The van der Waals surface area contributed by atoms with Gasteiger partial charge in [0.2, 0.25) is 5.91 Å². The molecule has 0 aromatic carbocycles. The minimum Gasteiger partial charge on any atom is -0.460 e. The van der Waals surface area contributed by atoms with Gasteiger partial charge in [0.1, 0.15) is 5.60 Å². The maximum atomic E-state index is 11.7. The van der Waals surface area contributed by atoms with Gasteiger partial charge in [-0.2, -0.15) is 0 Å². The number of nitrogens with zero attached hydrogens (tertiary/aromatic N) is 1. The fourth-order valence-corrected chi connectivity index (χ4v) is 2.27. The SMILES string of the molecule is CC(CNC(=O)CCC(=O)OC(C)(C)C)N1CCCC1. The first-order chi connectivity index (χ1) is 9.28. The molecule has 1 atom stereocenters. The number of hydrogen-bond acceptors (Lipinski definition) is 4. The van der Waals surface area contributed by atoms with E-state index in [1.807, 2.05) is 20.8 Å². The van der Waals surface area contributed by atoms with Crippen LogP contribution in [0.3, 0.4) is 0 Å². The number of carbonyl (C=O) groups is 2. The smallest absolute Gasteiger partial charge is 0.306 e. The number of rotatable bonds is 6. The second-order valence-corrected chi connectivity index (χ2v) is 6.48. The molecular formula is C15H28N2O3. The number of ether oxygens (including phenoxy) is 1. The number of likely N-dealkylation sites (tertiary alicyclic amines) is 1. The Bertz CT molecular complexity index is 331. The van der Waals surface area contributed by atoms with E-state index in [1.54, 1.807) is 0 Å². The summed E-state index contributed by atoms with van der Waals surface area (Å²) < 4.78 is 5.17. The molecule has 1 N–H and O–H groups in total. The van der Waals surface area contributed by atoms with Gasteiger partial charge in [0.25, 0.3) is 0 Å². The minimum atomic E-state index is -0.488. The molecule has 1 aliphatic rings. The molecule has 1 fully saturated rings. The van der Waals surface area contributed by atoms with Crippen molar-refractivity contribution in [1.82, 2.24) is 10.2 Å². The van der Waals surface area contributed by atoms with Crippen LogP contribution in [-0.2, 0) is 14.3 Å². The molecule has 1 heterocycles. The summed E-state index contributed by atoms with van der Waals surface area (Å²) in [7, 11) is 0. The Labute approximate surface area is 122 Å². The summed E-state index contributed by atoms with van der Waals surface area (Å²) in [5.74, 6) is -0.401. The lowest BCUT2D eigenvalue weighted by Crippen LogP contribution is -2.40. The number of esters is 1. The molecule has 5 nitrogen and oxygen atoms in total. The average molecular weight is 284 g/mol. The van der Waals surface area contributed by atoms with Crippen LogP contribution in [0.5, 0.6) is 0 Å². The number of amides is 1. The lowest BCUT2D eigenvalue weighted by atomic mass is 10.2. The largest absolute Gasteiger partial charge is 0.460 e. The molecule has 0 bridgehead atoms. The fraction of sp³-hybridized carbons (Fsp3) is 0.867. The summed E-state index contributed by atoms with van der Waals surface area (Å²) >= 11 is 0. The summed E-state index contributed by atoms with van der Waals surface area (Å²) in [6.45, 7) is 10.5. The van der Waals surface area contributed by atoms with Crippen molar-refractivity contribution in [3.8, 4) is 0 Å². The summed E-state index contributed by atoms with van der Waals surface area (Å²) in [5.41, 5.74) is -0.488. The van der Waals surface area contributed by atoms with Gasteiger partial charge in [-0.05, 0) is 53.6 Å². The van der Waals surface area contributed by atoms with Gasteiger partial charge in [-0.15, -0.1) is 0 Å². The molecule has 0 saturated carbocycles. The van der Waals surface area contributed by atoms with Crippen molar-refractivity contribution in [2.24, 2.45) is 0 Å². The van der Waals surface area contributed by atoms with Crippen LogP contribution in [0.25, 0.3) is 0 Å². The van der Waals surface area contributed by atoms with Crippen LogP contribution in [0, 0.1) is 0 Å². The van der Waals surface area contributed by atoms with Gasteiger partial charge in [0.05, 0.1) is 6.42 Å². The van der Waals surface area contributed by atoms with Crippen molar-refractivity contribution in [1.29, 1.82) is 0 Å². The fourth-order valence-electron chi connectivity index (χ4n) is 2.27. The first-order valence-corrected chi connectivity index (χ1v) is 7.50. The van der Waals surface area contributed by atoms with Gasteiger partial charge in [0, 0.05) is 19.0 Å². The number of carbonyl (C=O) groups excluding carboxylic acids is 2. The first kappa shape index (κ1) is 17.0. The predicted octanol–water partition coefficient (Wildman–Crippen LogP) is 1.71. The Morgan fingerprint density at radius 1 is 1.20 bits per heavy atom. The van der Waals surface area contributed by atoms with E-state index >= 15 is 0 Å². The number of hydrogen-bond donors (Lipinski definition) is 1. The Hall–Kier alpha value is -1.10. The molecular weight excluding hydrogens is 256 g/mol. The standard InChI is InChI=1S/C15H28N2O3/c1-12(17-9-5-6-10-17)11-16-13(18)7-8-14(19)20-15(2,3)4/h12H,5-11H2,1-4H3,(H,16,18). The van der Waals surface area contributed by atoms with Crippen molar-refractivity contribution < 1.29 is 14.3 Å². The Balaban J connectivity index is 2.15. The Morgan fingerprint density at radius 3 is 2.35 bits per heavy atom. The molecule has 1 rings (SSSR count). The van der Waals surface area contributed by atoms with E-state index < -0.39 is 5.60 Å². The van der Waals surface area contributed by atoms with E-state index in [0.29, 0.717) is 12.6 Å². The molecule has 0 radical (unpaired) electrons. The highest BCUT2D eigenvalue weighted by Crippen LogP contribution is 2.11. The van der Waals surface area contributed by atoms with E-state index in [-0.39, 0.29) is 24.7 Å². The third-order valence-electron chi connectivity index (χ3n) is 3.33. The maximum Gasteiger partial charge on any atom is 0.306 e.